The van der Waals surface area contributed by atoms with Crippen LogP contribution in [0.3, 0.4) is 0 Å². The van der Waals surface area contributed by atoms with Gasteiger partial charge in [-0.05, 0) is 24.6 Å². The molecule has 5 nitrogen and oxygen atoms in total. The molecule has 1 aromatic carbocycles. The first-order valence-corrected chi connectivity index (χ1v) is 7.96. The van der Waals surface area contributed by atoms with E-state index in [0.717, 1.165) is 0 Å². The van der Waals surface area contributed by atoms with Crippen molar-refractivity contribution in [1.82, 2.24) is 0 Å². The van der Waals surface area contributed by atoms with Gasteiger partial charge in [0.25, 0.3) is 0 Å². The minimum Gasteiger partial charge on any atom is -0.495 e. The lowest BCUT2D eigenvalue weighted by Gasteiger charge is -2.10. The fourth-order valence-electron chi connectivity index (χ4n) is 1.99. The zero-order valence-electron chi connectivity index (χ0n) is 10.3. The molecule has 0 aromatic heterocycles. The number of carbonyl (C=O) groups excluding carboxylic acids is 1. The number of hydrogen-bond donors (Lipinski definition) is 1. The summed E-state index contributed by atoms with van der Waals surface area (Å²) >= 11 is 5.95. The van der Waals surface area contributed by atoms with Crippen molar-refractivity contribution in [2.45, 2.75) is 6.42 Å². The molecule has 1 N–H and O–H groups in total. The molecular formula is C12H14ClNO4S. The van der Waals surface area contributed by atoms with E-state index in [1.165, 1.54) is 7.11 Å². The maximum absolute atomic E-state index is 11.9. The number of carbonyl (C=O) groups is 1. The minimum absolute atomic E-state index is 0.0778. The molecule has 2 rings (SSSR count). The van der Waals surface area contributed by atoms with Crippen molar-refractivity contribution in [3.05, 3.63) is 23.2 Å². The van der Waals surface area contributed by atoms with Gasteiger partial charge in [-0.15, -0.1) is 0 Å². The Kier molecular flexibility index (Phi) is 4.01. The van der Waals surface area contributed by atoms with Crippen LogP contribution in [-0.2, 0) is 14.6 Å². The van der Waals surface area contributed by atoms with Gasteiger partial charge in [0, 0.05) is 5.69 Å². The first kappa shape index (κ1) is 14.1. The first-order valence-electron chi connectivity index (χ1n) is 5.76. The molecule has 1 aliphatic heterocycles. The highest BCUT2D eigenvalue weighted by atomic mass is 35.5. The molecule has 1 aromatic rings. The van der Waals surface area contributed by atoms with Crippen LogP contribution in [0.2, 0.25) is 5.02 Å². The number of ether oxygens (including phenoxy) is 1. The number of anilines is 1. The van der Waals surface area contributed by atoms with Crippen molar-refractivity contribution < 1.29 is 17.9 Å². The fourth-order valence-corrected chi connectivity index (χ4v) is 3.99. The molecule has 19 heavy (non-hydrogen) atoms. The van der Waals surface area contributed by atoms with Crippen LogP contribution in [0.4, 0.5) is 5.69 Å². The Balaban J connectivity index is 2.05. The Morgan fingerprint density at radius 2 is 2.21 bits per heavy atom. The largest absolute Gasteiger partial charge is 0.495 e. The summed E-state index contributed by atoms with van der Waals surface area (Å²) in [6, 6.07) is 4.87. The number of halogens is 1. The molecule has 104 valence electrons. The number of methoxy groups -OCH3 is 1. The highest BCUT2D eigenvalue weighted by Gasteiger charge is 2.32. The maximum atomic E-state index is 11.9. The van der Waals surface area contributed by atoms with E-state index in [4.69, 9.17) is 16.3 Å². The summed E-state index contributed by atoms with van der Waals surface area (Å²) in [6.45, 7) is 0. The summed E-state index contributed by atoms with van der Waals surface area (Å²) in [5, 5.41) is 3.06. The van der Waals surface area contributed by atoms with Gasteiger partial charge in [0.15, 0.2) is 9.84 Å². The molecule has 1 aliphatic rings. The quantitative estimate of drug-likeness (QED) is 0.923. The second-order valence-corrected chi connectivity index (χ2v) is 7.07. The molecule has 0 saturated carbocycles. The van der Waals surface area contributed by atoms with Gasteiger partial charge in [0.1, 0.15) is 5.75 Å². The smallest absolute Gasteiger partial charge is 0.228 e. The van der Waals surface area contributed by atoms with E-state index in [2.05, 4.69) is 5.32 Å². The van der Waals surface area contributed by atoms with Gasteiger partial charge >= 0.3 is 0 Å². The highest BCUT2D eigenvalue weighted by molar-refractivity contribution is 7.91. The van der Waals surface area contributed by atoms with Gasteiger partial charge in [-0.25, -0.2) is 8.42 Å². The van der Waals surface area contributed by atoms with Gasteiger partial charge in [-0.3, -0.25) is 4.79 Å². The van der Waals surface area contributed by atoms with E-state index in [-0.39, 0.29) is 17.4 Å². The van der Waals surface area contributed by atoms with Gasteiger partial charge in [0.05, 0.1) is 29.6 Å². The van der Waals surface area contributed by atoms with E-state index in [1.807, 2.05) is 0 Å². The molecule has 1 atom stereocenters. The number of hydrogen-bond acceptors (Lipinski definition) is 4. The monoisotopic (exact) mass is 303 g/mol. The van der Waals surface area contributed by atoms with Crippen LogP contribution in [0.1, 0.15) is 6.42 Å². The van der Waals surface area contributed by atoms with Crippen LogP contribution in [0.5, 0.6) is 5.75 Å². The van der Waals surface area contributed by atoms with Crippen molar-refractivity contribution in [3.8, 4) is 5.75 Å². The Hall–Kier alpha value is -1.27. The summed E-state index contributed by atoms with van der Waals surface area (Å²) in [4.78, 5) is 11.9. The van der Waals surface area contributed by atoms with E-state index in [1.54, 1.807) is 18.2 Å². The lowest BCUT2D eigenvalue weighted by atomic mass is 10.1. The van der Waals surface area contributed by atoms with Crippen LogP contribution in [-0.4, -0.2) is 32.9 Å². The van der Waals surface area contributed by atoms with Crippen LogP contribution in [0, 0.1) is 5.92 Å². The molecular weight excluding hydrogens is 290 g/mol. The van der Waals surface area contributed by atoms with Gasteiger partial charge in [0.2, 0.25) is 5.91 Å². The van der Waals surface area contributed by atoms with Crippen molar-refractivity contribution in [3.63, 3.8) is 0 Å². The third-order valence-corrected chi connectivity index (χ3v) is 5.09. The fraction of sp³-hybridized carbons (Fsp3) is 0.417. The van der Waals surface area contributed by atoms with Crippen LogP contribution in [0.15, 0.2) is 18.2 Å². The third-order valence-electron chi connectivity index (χ3n) is 3.02. The van der Waals surface area contributed by atoms with Crippen molar-refractivity contribution in [1.29, 1.82) is 0 Å². The molecule has 1 fully saturated rings. The zero-order valence-corrected chi connectivity index (χ0v) is 11.9. The molecule has 1 unspecified atom stereocenters. The number of sulfone groups is 1. The van der Waals surface area contributed by atoms with E-state index in [9.17, 15) is 13.2 Å². The predicted octanol–water partition coefficient (Wildman–Crippen LogP) is 1.72. The average Bonchev–Trinajstić information content (AvgIpc) is 2.70. The van der Waals surface area contributed by atoms with Crippen LogP contribution in [0.25, 0.3) is 0 Å². The van der Waals surface area contributed by atoms with E-state index >= 15 is 0 Å². The predicted molar refractivity (Wildman–Crippen MR) is 73.4 cm³/mol. The van der Waals surface area contributed by atoms with Crippen molar-refractivity contribution in [2.75, 3.05) is 23.9 Å². The van der Waals surface area contributed by atoms with Gasteiger partial charge in [-0.1, -0.05) is 11.6 Å². The number of amides is 1. The Bertz CT molecular complexity index is 600. The molecule has 0 spiro atoms. The van der Waals surface area contributed by atoms with Crippen LogP contribution >= 0.6 is 11.6 Å². The molecule has 0 radical (unpaired) electrons. The minimum atomic E-state index is -3.06. The van der Waals surface area contributed by atoms with Crippen molar-refractivity contribution in [2.24, 2.45) is 5.92 Å². The van der Waals surface area contributed by atoms with E-state index in [0.29, 0.717) is 22.9 Å². The zero-order chi connectivity index (χ0) is 14.0. The normalized spacial score (nSPS) is 21.1. The Morgan fingerprint density at radius 3 is 2.74 bits per heavy atom. The number of nitrogens with one attached hydrogen (secondary N) is 1. The summed E-state index contributed by atoms with van der Waals surface area (Å²) in [7, 11) is -1.56. The topological polar surface area (TPSA) is 72.5 Å². The summed E-state index contributed by atoms with van der Waals surface area (Å²) < 4.78 is 27.6. The second-order valence-electron chi connectivity index (χ2n) is 4.44. The number of benzene rings is 1. The second kappa shape index (κ2) is 5.38. The molecule has 7 heteroatoms. The summed E-state index contributed by atoms with van der Waals surface area (Å²) in [6.07, 6.45) is 0.373. The molecule has 0 bridgehead atoms. The lowest BCUT2D eigenvalue weighted by molar-refractivity contribution is -0.119. The Labute approximate surface area is 116 Å². The standard InChI is InChI=1S/C12H14ClNO4S/c1-18-11-3-2-9(6-10(11)13)14-12(15)8-4-5-19(16,17)7-8/h2-3,6,8H,4-5,7H2,1H3,(H,14,15). The summed E-state index contributed by atoms with van der Waals surface area (Å²) in [5.74, 6) is -0.256. The van der Waals surface area contributed by atoms with Crippen LogP contribution < -0.4 is 10.1 Å². The lowest BCUT2D eigenvalue weighted by Crippen LogP contribution is -2.23. The molecule has 1 saturated heterocycles. The molecule has 0 aliphatic carbocycles. The highest BCUT2D eigenvalue weighted by Crippen LogP contribution is 2.28. The van der Waals surface area contributed by atoms with Gasteiger partial charge < -0.3 is 10.1 Å². The Morgan fingerprint density at radius 1 is 1.47 bits per heavy atom. The number of rotatable bonds is 3. The SMILES string of the molecule is COc1ccc(NC(=O)C2CCS(=O)(=O)C2)cc1Cl. The van der Waals surface area contributed by atoms with Crippen molar-refractivity contribution >= 4 is 33.0 Å². The first-order chi connectivity index (χ1) is 8.91. The molecule has 1 amide bonds. The summed E-state index contributed by atoms with van der Waals surface area (Å²) in [5.41, 5.74) is 0.528. The van der Waals surface area contributed by atoms with Gasteiger partial charge in [-0.2, -0.15) is 0 Å². The maximum Gasteiger partial charge on any atom is 0.228 e. The molecule has 1 heterocycles. The average molecular weight is 304 g/mol. The third kappa shape index (κ3) is 3.39. The van der Waals surface area contributed by atoms with E-state index < -0.39 is 15.8 Å².